The number of nitrogens with one attached hydrogen (secondary N) is 1. The largest absolute Gasteiger partial charge is 0.451 e. The highest BCUT2D eigenvalue weighted by molar-refractivity contribution is 9.10. The van der Waals surface area contributed by atoms with Crippen molar-refractivity contribution in [2.45, 2.75) is 6.54 Å². The van der Waals surface area contributed by atoms with Crippen LogP contribution in [-0.2, 0) is 6.54 Å². The molecule has 1 amide bonds. The van der Waals surface area contributed by atoms with Crippen LogP contribution in [0.2, 0.25) is 0 Å². The van der Waals surface area contributed by atoms with Gasteiger partial charge in [-0.1, -0.05) is 0 Å². The molecule has 0 atom stereocenters. The fourth-order valence-corrected chi connectivity index (χ4v) is 3.27. The van der Waals surface area contributed by atoms with E-state index < -0.39 is 0 Å². The lowest BCUT2D eigenvalue weighted by atomic mass is 10.2. The van der Waals surface area contributed by atoms with Gasteiger partial charge in [0.05, 0.1) is 6.54 Å². The summed E-state index contributed by atoms with van der Waals surface area (Å²) >= 11 is 4.97. The minimum atomic E-state index is -0.232. The quantitative estimate of drug-likeness (QED) is 0.706. The van der Waals surface area contributed by atoms with Gasteiger partial charge in [0.2, 0.25) is 0 Å². The first-order valence-corrected chi connectivity index (χ1v) is 7.59. The molecule has 0 saturated heterocycles. The van der Waals surface area contributed by atoms with Gasteiger partial charge < -0.3 is 15.5 Å². The number of fused-ring (bicyclic) bond motifs is 1. The van der Waals surface area contributed by atoms with Crippen LogP contribution in [0, 0.1) is 0 Å². The van der Waals surface area contributed by atoms with Crippen molar-refractivity contribution in [1.82, 2.24) is 5.32 Å². The standard InChI is InChI=1S/C14H11BrN2O2S/c15-9-5-11(20-7-9)6-17-14(18)13-4-8-3-10(16)1-2-12(8)19-13/h1-5,7H,6,16H2,(H,17,18). The van der Waals surface area contributed by atoms with E-state index in [4.69, 9.17) is 10.2 Å². The molecule has 102 valence electrons. The van der Waals surface area contributed by atoms with E-state index in [1.165, 1.54) is 0 Å². The Bertz CT molecular complexity index is 778. The fraction of sp³-hybridized carbons (Fsp3) is 0.0714. The van der Waals surface area contributed by atoms with E-state index in [0.29, 0.717) is 23.6 Å². The van der Waals surface area contributed by atoms with E-state index >= 15 is 0 Å². The summed E-state index contributed by atoms with van der Waals surface area (Å²) in [5, 5.41) is 5.64. The van der Waals surface area contributed by atoms with Crippen molar-refractivity contribution in [2.75, 3.05) is 5.73 Å². The van der Waals surface area contributed by atoms with Gasteiger partial charge in [0.25, 0.3) is 5.91 Å². The first kappa shape index (κ1) is 13.2. The predicted molar refractivity (Wildman–Crippen MR) is 83.8 cm³/mol. The van der Waals surface area contributed by atoms with Crippen LogP contribution in [0.1, 0.15) is 15.4 Å². The number of thiophene rings is 1. The molecular formula is C14H11BrN2O2S. The lowest BCUT2D eigenvalue weighted by Crippen LogP contribution is -2.21. The van der Waals surface area contributed by atoms with Crippen molar-refractivity contribution in [2.24, 2.45) is 0 Å². The van der Waals surface area contributed by atoms with Crippen LogP contribution in [0.15, 0.2) is 44.6 Å². The van der Waals surface area contributed by atoms with Gasteiger partial charge in [0.15, 0.2) is 5.76 Å². The van der Waals surface area contributed by atoms with Crippen molar-refractivity contribution in [1.29, 1.82) is 0 Å². The van der Waals surface area contributed by atoms with E-state index in [9.17, 15) is 4.79 Å². The molecule has 0 aliphatic rings. The first-order valence-electron chi connectivity index (χ1n) is 5.92. The third-order valence-electron chi connectivity index (χ3n) is 2.81. The molecule has 3 rings (SSSR count). The van der Waals surface area contributed by atoms with Crippen LogP contribution < -0.4 is 11.1 Å². The highest BCUT2D eigenvalue weighted by atomic mass is 79.9. The van der Waals surface area contributed by atoms with Gasteiger partial charge in [-0.3, -0.25) is 4.79 Å². The molecule has 3 aromatic rings. The lowest BCUT2D eigenvalue weighted by molar-refractivity contribution is 0.0925. The van der Waals surface area contributed by atoms with E-state index in [2.05, 4.69) is 21.2 Å². The lowest BCUT2D eigenvalue weighted by Gasteiger charge is -1.99. The average molecular weight is 351 g/mol. The minimum absolute atomic E-state index is 0.232. The SMILES string of the molecule is Nc1ccc2oc(C(=O)NCc3cc(Br)cs3)cc2c1. The summed E-state index contributed by atoms with van der Waals surface area (Å²) in [5.41, 5.74) is 7.00. The van der Waals surface area contributed by atoms with Crippen molar-refractivity contribution in [3.8, 4) is 0 Å². The Hall–Kier alpha value is -1.79. The van der Waals surface area contributed by atoms with Gasteiger partial charge in [0.1, 0.15) is 5.58 Å². The number of furan rings is 1. The number of carbonyl (C=O) groups excluding carboxylic acids is 1. The number of carbonyl (C=O) groups is 1. The zero-order chi connectivity index (χ0) is 14.1. The number of benzene rings is 1. The second-order valence-corrected chi connectivity index (χ2v) is 6.23. The molecule has 1 aromatic carbocycles. The number of nitrogens with two attached hydrogens (primary N) is 1. The molecule has 6 heteroatoms. The smallest absolute Gasteiger partial charge is 0.287 e. The fourth-order valence-electron chi connectivity index (χ4n) is 1.87. The summed E-state index contributed by atoms with van der Waals surface area (Å²) < 4.78 is 6.52. The first-order chi connectivity index (χ1) is 9.61. The molecule has 0 bridgehead atoms. The molecule has 4 nitrogen and oxygen atoms in total. The summed E-state index contributed by atoms with van der Waals surface area (Å²) in [5.74, 6) is 0.0607. The molecule has 2 aromatic heterocycles. The monoisotopic (exact) mass is 350 g/mol. The van der Waals surface area contributed by atoms with E-state index in [-0.39, 0.29) is 5.91 Å². The number of rotatable bonds is 3. The molecular weight excluding hydrogens is 340 g/mol. The summed E-state index contributed by atoms with van der Waals surface area (Å²) in [6, 6.07) is 8.97. The second kappa shape index (κ2) is 5.30. The number of anilines is 1. The van der Waals surface area contributed by atoms with Gasteiger partial charge in [-0.2, -0.15) is 0 Å². The molecule has 0 radical (unpaired) electrons. The van der Waals surface area contributed by atoms with Gasteiger partial charge >= 0.3 is 0 Å². The molecule has 0 unspecified atom stereocenters. The Labute approximate surface area is 127 Å². The maximum Gasteiger partial charge on any atom is 0.287 e. The van der Waals surface area contributed by atoms with Crippen LogP contribution in [0.3, 0.4) is 0 Å². The predicted octanol–water partition coefficient (Wildman–Crippen LogP) is 3.77. The summed E-state index contributed by atoms with van der Waals surface area (Å²) in [7, 11) is 0. The van der Waals surface area contributed by atoms with Gasteiger partial charge in [0, 0.05) is 25.8 Å². The van der Waals surface area contributed by atoms with Crippen molar-refractivity contribution in [3.63, 3.8) is 0 Å². The topological polar surface area (TPSA) is 68.3 Å². The van der Waals surface area contributed by atoms with E-state index in [0.717, 1.165) is 14.7 Å². The molecule has 20 heavy (non-hydrogen) atoms. The van der Waals surface area contributed by atoms with E-state index in [1.54, 1.807) is 35.6 Å². The third-order valence-corrected chi connectivity index (χ3v) is 4.51. The maximum atomic E-state index is 12.0. The van der Waals surface area contributed by atoms with Gasteiger partial charge in [-0.25, -0.2) is 0 Å². The molecule has 3 N–H and O–H groups in total. The Kier molecular flexibility index (Phi) is 3.50. The molecule has 0 saturated carbocycles. The Balaban J connectivity index is 1.75. The molecule has 0 spiro atoms. The number of hydrogen-bond donors (Lipinski definition) is 2. The summed E-state index contributed by atoms with van der Waals surface area (Å²) in [6.07, 6.45) is 0. The third kappa shape index (κ3) is 2.71. The zero-order valence-electron chi connectivity index (χ0n) is 10.4. The van der Waals surface area contributed by atoms with Gasteiger partial charge in [-0.05, 0) is 46.3 Å². The van der Waals surface area contributed by atoms with Crippen molar-refractivity contribution in [3.05, 3.63) is 50.8 Å². The van der Waals surface area contributed by atoms with E-state index in [1.807, 2.05) is 11.4 Å². The normalized spacial score (nSPS) is 10.8. The number of amides is 1. The number of halogens is 1. The van der Waals surface area contributed by atoms with Crippen LogP contribution in [-0.4, -0.2) is 5.91 Å². The van der Waals surface area contributed by atoms with Crippen LogP contribution in [0.4, 0.5) is 5.69 Å². The highest BCUT2D eigenvalue weighted by Gasteiger charge is 2.12. The Morgan fingerprint density at radius 1 is 1.35 bits per heavy atom. The Morgan fingerprint density at radius 2 is 2.20 bits per heavy atom. The van der Waals surface area contributed by atoms with Crippen molar-refractivity contribution >= 4 is 49.8 Å². The van der Waals surface area contributed by atoms with Crippen molar-refractivity contribution < 1.29 is 9.21 Å². The summed E-state index contributed by atoms with van der Waals surface area (Å²) in [4.78, 5) is 13.1. The molecule has 0 aliphatic carbocycles. The Morgan fingerprint density at radius 3 is 2.95 bits per heavy atom. The molecule has 0 aliphatic heterocycles. The molecule has 2 heterocycles. The highest BCUT2D eigenvalue weighted by Crippen LogP contribution is 2.22. The van der Waals surface area contributed by atoms with Crippen LogP contribution >= 0.6 is 27.3 Å². The average Bonchev–Trinajstić information content (AvgIpc) is 3.01. The van der Waals surface area contributed by atoms with Gasteiger partial charge in [-0.15, -0.1) is 11.3 Å². The second-order valence-electron chi connectivity index (χ2n) is 4.32. The zero-order valence-corrected chi connectivity index (χ0v) is 12.8. The maximum absolute atomic E-state index is 12.0. The number of hydrogen-bond acceptors (Lipinski definition) is 4. The van der Waals surface area contributed by atoms with Crippen LogP contribution in [0.5, 0.6) is 0 Å². The number of nitrogen functional groups attached to an aromatic ring is 1. The minimum Gasteiger partial charge on any atom is -0.451 e. The summed E-state index contributed by atoms with van der Waals surface area (Å²) in [6.45, 7) is 0.480. The molecule has 0 fully saturated rings. The van der Waals surface area contributed by atoms with Crippen LogP contribution in [0.25, 0.3) is 11.0 Å².